The lowest BCUT2D eigenvalue weighted by molar-refractivity contribution is 0.0960. The molecular formula is C18H29NO2. The standard InChI is InChI=1S/C18H29NO2/c1-4-20-17-7-5-6-15(10-11-19)18(17)21-16-9-8-13(2)14(3)12-16/h5-7,13-14,16H,4,8-12,19H2,1-3H3. The van der Waals surface area contributed by atoms with E-state index in [0.29, 0.717) is 19.3 Å². The molecule has 3 nitrogen and oxygen atoms in total. The second kappa shape index (κ2) is 7.69. The first kappa shape index (κ1) is 16.2. The van der Waals surface area contributed by atoms with Gasteiger partial charge in [0.05, 0.1) is 12.7 Å². The van der Waals surface area contributed by atoms with Crippen molar-refractivity contribution in [3.8, 4) is 11.5 Å². The van der Waals surface area contributed by atoms with Crippen LogP contribution in [0.1, 0.15) is 45.6 Å². The molecule has 0 amide bonds. The molecule has 1 fully saturated rings. The summed E-state index contributed by atoms with van der Waals surface area (Å²) in [5.74, 6) is 3.29. The molecule has 1 aliphatic rings. The van der Waals surface area contributed by atoms with E-state index in [-0.39, 0.29) is 0 Å². The smallest absolute Gasteiger partial charge is 0.164 e. The van der Waals surface area contributed by atoms with Crippen LogP contribution in [0.5, 0.6) is 11.5 Å². The minimum absolute atomic E-state index is 0.300. The van der Waals surface area contributed by atoms with Gasteiger partial charge in [-0.25, -0.2) is 0 Å². The van der Waals surface area contributed by atoms with Gasteiger partial charge in [-0.1, -0.05) is 26.0 Å². The molecule has 2 rings (SSSR count). The molecule has 1 aliphatic carbocycles. The van der Waals surface area contributed by atoms with Crippen molar-refractivity contribution >= 4 is 0 Å². The van der Waals surface area contributed by atoms with Crippen molar-refractivity contribution < 1.29 is 9.47 Å². The molecule has 2 N–H and O–H groups in total. The van der Waals surface area contributed by atoms with E-state index in [9.17, 15) is 0 Å². The average Bonchev–Trinajstić information content (AvgIpc) is 2.46. The van der Waals surface area contributed by atoms with Gasteiger partial charge in [-0.15, -0.1) is 0 Å². The van der Waals surface area contributed by atoms with Crippen LogP contribution in [-0.2, 0) is 6.42 Å². The zero-order valence-electron chi connectivity index (χ0n) is 13.6. The lowest BCUT2D eigenvalue weighted by Crippen LogP contribution is -2.29. The molecule has 1 aromatic rings. The minimum Gasteiger partial charge on any atom is -0.490 e. The molecule has 0 bridgehead atoms. The van der Waals surface area contributed by atoms with E-state index in [4.69, 9.17) is 15.2 Å². The maximum Gasteiger partial charge on any atom is 0.164 e. The van der Waals surface area contributed by atoms with Gasteiger partial charge in [0.15, 0.2) is 11.5 Å². The number of hydrogen-bond donors (Lipinski definition) is 1. The van der Waals surface area contributed by atoms with E-state index in [1.165, 1.54) is 6.42 Å². The van der Waals surface area contributed by atoms with Crippen LogP contribution >= 0.6 is 0 Å². The average molecular weight is 291 g/mol. The van der Waals surface area contributed by atoms with Gasteiger partial charge in [0.2, 0.25) is 0 Å². The van der Waals surface area contributed by atoms with E-state index in [1.54, 1.807) is 0 Å². The molecule has 0 aromatic heterocycles. The third kappa shape index (κ3) is 4.13. The Balaban J connectivity index is 2.16. The van der Waals surface area contributed by atoms with Gasteiger partial charge in [-0.2, -0.15) is 0 Å². The lowest BCUT2D eigenvalue weighted by Gasteiger charge is -2.33. The highest BCUT2D eigenvalue weighted by atomic mass is 16.5. The summed E-state index contributed by atoms with van der Waals surface area (Å²) in [5, 5.41) is 0. The van der Waals surface area contributed by atoms with Crippen molar-refractivity contribution in [1.29, 1.82) is 0 Å². The van der Waals surface area contributed by atoms with Crippen molar-refractivity contribution in [2.24, 2.45) is 17.6 Å². The van der Waals surface area contributed by atoms with Gasteiger partial charge >= 0.3 is 0 Å². The van der Waals surface area contributed by atoms with Gasteiger partial charge in [0, 0.05) is 0 Å². The van der Waals surface area contributed by atoms with E-state index >= 15 is 0 Å². The van der Waals surface area contributed by atoms with E-state index in [2.05, 4.69) is 19.9 Å². The molecule has 3 atom stereocenters. The number of para-hydroxylation sites is 1. The molecule has 0 aliphatic heterocycles. The Hall–Kier alpha value is -1.22. The van der Waals surface area contributed by atoms with Crippen LogP contribution in [0.2, 0.25) is 0 Å². The Morgan fingerprint density at radius 1 is 1.19 bits per heavy atom. The monoisotopic (exact) mass is 291 g/mol. The van der Waals surface area contributed by atoms with Crippen LogP contribution in [0, 0.1) is 11.8 Å². The lowest BCUT2D eigenvalue weighted by atomic mass is 9.80. The number of hydrogen-bond acceptors (Lipinski definition) is 3. The Labute approximate surface area is 128 Å². The maximum atomic E-state index is 6.36. The van der Waals surface area contributed by atoms with Crippen molar-refractivity contribution in [3.05, 3.63) is 23.8 Å². The summed E-state index contributed by atoms with van der Waals surface area (Å²) < 4.78 is 12.1. The molecule has 21 heavy (non-hydrogen) atoms. The number of ether oxygens (including phenoxy) is 2. The van der Waals surface area contributed by atoms with Crippen molar-refractivity contribution in [2.45, 2.75) is 52.6 Å². The fourth-order valence-corrected chi connectivity index (χ4v) is 3.09. The predicted octanol–water partition coefficient (Wildman–Crippen LogP) is 3.79. The first-order valence-electron chi connectivity index (χ1n) is 8.27. The molecule has 1 saturated carbocycles. The van der Waals surface area contributed by atoms with Crippen LogP contribution < -0.4 is 15.2 Å². The SMILES string of the molecule is CCOc1cccc(CCN)c1OC1CCC(C)C(C)C1. The predicted molar refractivity (Wildman–Crippen MR) is 87.0 cm³/mol. The highest BCUT2D eigenvalue weighted by Gasteiger charge is 2.27. The molecule has 1 aromatic carbocycles. The first-order chi connectivity index (χ1) is 10.2. The van der Waals surface area contributed by atoms with Crippen LogP contribution in [0.15, 0.2) is 18.2 Å². The molecule has 0 heterocycles. The fourth-order valence-electron chi connectivity index (χ4n) is 3.09. The van der Waals surface area contributed by atoms with Gasteiger partial charge in [0.1, 0.15) is 0 Å². The van der Waals surface area contributed by atoms with E-state index < -0.39 is 0 Å². The minimum atomic E-state index is 0.300. The summed E-state index contributed by atoms with van der Waals surface area (Å²) in [4.78, 5) is 0. The quantitative estimate of drug-likeness (QED) is 0.867. The number of rotatable bonds is 6. The second-order valence-electron chi connectivity index (χ2n) is 6.22. The van der Waals surface area contributed by atoms with Crippen molar-refractivity contribution in [2.75, 3.05) is 13.2 Å². The van der Waals surface area contributed by atoms with Crippen LogP contribution in [0.3, 0.4) is 0 Å². The van der Waals surface area contributed by atoms with Crippen LogP contribution in [0.25, 0.3) is 0 Å². The Bertz CT molecular complexity index is 423. The normalized spacial score (nSPS) is 25.6. The van der Waals surface area contributed by atoms with Crippen LogP contribution in [0.4, 0.5) is 0 Å². The maximum absolute atomic E-state index is 6.36. The fraction of sp³-hybridized carbons (Fsp3) is 0.667. The third-order valence-electron chi connectivity index (χ3n) is 4.61. The Morgan fingerprint density at radius 3 is 2.67 bits per heavy atom. The Morgan fingerprint density at radius 2 is 2.00 bits per heavy atom. The molecular weight excluding hydrogens is 262 g/mol. The van der Waals surface area contributed by atoms with Gasteiger partial charge in [-0.3, -0.25) is 0 Å². The topological polar surface area (TPSA) is 44.5 Å². The largest absolute Gasteiger partial charge is 0.490 e. The number of nitrogens with two attached hydrogens (primary N) is 1. The summed E-state index contributed by atoms with van der Waals surface area (Å²) >= 11 is 0. The molecule has 3 heteroatoms. The zero-order valence-corrected chi connectivity index (χ0v) is 13.6. The summed E-state index contributed by atoms with van der Waals surface area (Å²) in [6, 6.07) is 6.11. The first-order valence-corrected chi connectivity index (χ1v) is 8.27. The third-order valence-corrected chi connectivity index (χ3v) is 4.61. The van der Waals surface area contributed by atoms with Crippen LogP contribution in [-0.4, -0.2) is 19.3 Å². The number of benzene rings is 1. The highest BCUT2D eigenvalue weighted by Crippen LogP contribution is 2.37. The zero-order chi connectivity index (χ0) is 15.2. The summed E-state index contributed by atoms with van der Waals surface area (Å²) in [7, 11) is 0. The molecule has 0 spiro atoms. The summed E-state index contributed by atoms with van der Waals surface area (Å²) in [5.41, 5.74) is 6.89. The molecule has 0 radical (unpaired) electrons. The van der Waals surface area contributed by atoms with Crippen molar-refractivity contribution in [3.63, 3.8) is 0 Å². The van der Waals surface area contributed by atoms with Crippen molar-refractivity contribution in [1.82, 2.24) is 0 Å². The molecule has 118 valence electrons. The van der Waals surface area contributed by atoms with Gasteiger partial charge < -0.3 is 15.2 Å². The van der Waals surface area contributed by atoms with Gasteiger partial charge in [0.25, 0.3) is 0 Å². The van der Waals surface area contributed by atoms with Gasteiger partial charge in [-0.05, 0) is 62.6 Å². The Kier molecular flexibility index (Phi) is 5.92. The summed E-state index contributed by atoms with van der Waals surface area (Å²) in [6.07, 6.45) is 4.64. The highest BCUT2D eigenvalue weighted by molar-refractivity contribution is 5.47. The summed E-state index contributed by atoms with van der Waals surface area (Å²) in [6.45, 7) is 7.96. The molecule has 0 saturated heterocycles. The second-order valence-corrected chi connectivity index (χ2v) is 6.22. The van der Waals surface area contributed by atoms with E-state index in [1.807, 2.05) is 19.1 Å². The van der Waals surface area contributed by atoms with E-state index in [0.717, 1.165) is 48.2 Å². The molecule has 3 unspecified atom stereocenters.